The van der Waals surface area contributed by atoms with Gasteiger partial charge in [0.15, 0.2) is 5.65 Å². The van der Waals surface area contributed by atoms with Crippen LogP contribution in [0, 0.1) is 0 Å². The summed E-state index contributed by atoms with van der Waals surface area (Å²) in [7, 11) is -2.37. The van der Waals surface area contributed by atoms with E-state index >= 15 is 0 Å². The van der Waals surface area contributed by atoms with E-state index in [1.165, 1.54) is 23.0 Å². The molecule has 2 atom stereocenters. The SMILES string of the molecule is C[C@H]1[C@@H](N[SH](C)(C)=O)CCCN1c1cc(-c2cnc3ccc(C(F)F)nn23)ncn1. The Kier molecular flexibility index (Phi) is 5.49. The van der Waals surface area contributed by atoms with Crippen LogP contribution in [0.2, 0.25) is 0 Å². The lowest BCUT2D eigenvalue weighted by Crippen LogP contribution is -2.55. The second-order valence-corrected chi connectivity index (χ2v) is 10.9. The van der Waals surface area contributed by atoms with Crippen molar-refractivity contribution in [2.45, 2.75) is 38.3 Å². The zero-order chi connectivity index (χ0) is 21.5. The Morgan fingerprint density at radius 2 is 2.03 bits per heavy atom. The highest BCUT2D eigenvalue weighted by Crippen LogP contribution is 2.27. The number of alkyl halides is 2. The van der Waals surface area contributed by atoms with Gasteiger partial charge in [0.05, 0.1) is 11.9 Å². The summed E-state index contributed by atoms with van der Waals surface area (Å²) in [6.07, 6.45) is 5.69. The van der Waals surface area contributed by atoms with Gasteiger partial charge in [0.25, 0.3) is 6.43 Å². The number of nitrogens with zero attached hydrogens (tertiary/aromatic N) is 6. The lowest BCUT2D eigenvalue weighted by atomic mass is 9.98. The van der Waals surface area contributed by atoms with Crippen molar-refractivity contribution in [2.75, 3.05) is 24.0 Å². The zero-order valence-corrected chi connectivity index (χ0v) is 17.9. The fraction of sp³-hybridized carbons (Fsp3) is 0.474. The van der Waals surface area contributed by atoms with E-state index in [4.69, 9.17) is 0 Å². The number of hydrogen-bond donors (Lipinski definition) is 2. The second kappa shape index (κ2) is 7.95. The Bertz CT molecular complexity index is 1100. The highest BCUT2D eigenvalue weighted by molar-refractivity contribution is 7.99. The molecule has 1 N–H and O–H groups in total. The van der Waals surface area contributed by atoms with Gasteiger partial charge < -0.3 is 4.90 Å². The fourth-order valence-corrected chi connectivity index (χ4v) is 5.00. The number of anilines is 1. The number of aromatic nitrogens is 5. The minimum absolute atomic E-state index is 0.0838. The minimum atomic E-state index is -2.67. The molecule has 1 aliphatic heterocycles. The summed E-state index contributed by atoms with van der Waals surface area (Å²) in [5.74, 6) is 0.723. The average molecular weight is 438 g/mol. The Labute approximate surface area is 174 Å². The van der Waals surface area contributed by atoms with Crippen molar-refractivity contribution in [1.29, 1.82) is 0 Å². The summed E-state index contributed by atoms with van der Waals surface area (Å²) in [6.45, 7) is 2.90. The largest absolute Gasteiger partial charge is 0.352 e. The van der Waals surface area contributed by atoms with Crippen LogP contribution in [0.5, 0.6) is 0 Å². The topological polar surface area (TPSA) is 88.3 Å². The van der Waals surface area contributed by atoms with Gasteiger partial charge in [-0.3, -0.25) is 8.93 Å². The standard InChI is InChI=1S/C19H25F2N7OS/c1-12-13(26-30(2,3)29)5-4-8-27(12)18-9-15(23-11-24-18)16-10-22-17-7-6-14(19(20)21)25-28(16)17/h6-7,9-13,19,30H,4-5,8H2,1-3H3,(H,26,29)/t12-,13-/m0/s1. The molecule has 0 aromatic carbocycles. The lowest BCUT2D eigenvalue weighted by molar-refractivity contribution is 0.144. The molecule has 0 aliphatic carbocycles. The number of imidazole rings is 1. The summed E-state index contributed by atoms with van der Waals surface area (Å²) in [5, 5.41) is 4.01. The van der Waals surface area contributed by atoms with Crippen LogP contribution >= 0.6 is 0 Å². The molecule has 1 saturated heterocycles. The van der Waals surface area contributed by atoms with Gasteiger partial charge in [0, 0.05) is 37.2 Å². The normalized spacial score (nSPS) is 20.8. The maximum absolute atomic E-state index is 13.1. The average Bonchev–Trinajstić information content (AvgIpc) is 3.12. The van der Waals surface area contributed by atoms with Gasteiger partial charge in [-0.15, -0.1) is 0 Å². The predicted molar refractivity (Wildman–Crippen MR) is 113 cm³/mol. The first-order valence-electron chi connectivity index (χ1n) is 9.77. The number of hydrogen-bond acceptors (Lipinski definition) is 6. The van der Waals surface area contributed by atoms with Gasteiger partial charge in [-0.1, -0.05) is 10.1 Å². The number of fused-ring (bicyclic) bond motifs is 1. The van der Waals surface area contributed by atoms with E-state index in [0.717, 1.165) is 25.2 Å². The number of piperidine rings is 1. The molecule has 0 amide bonds. The molecule has 3 aromatic heterocycles. The molecular formula is C19H25F2N7OS. The molecule has 1 fully saturated rings. The van der Waals surface area contributed by atoms with E-state index < -0.39 is 16.5 Å². The maximum Gasteiger partial charge on any atom is 0.282 e. The number of thiol groups is 1. The van der Waals surface area contributed by atoms with Crippen molar-refractivity contribution in [3.63, 3.8) is 0 Å². The first kappa shape index (κ1) is 20.7. The Morgan fingerprint density at radius 1 is 1.23 bits per heavy atom. The van der Waals surface area contributed by atoms with Gasteiger partial charge in [-0.25, -0.2) is 28.2 Å². The van der Waals surface area contributed by atoms with Gasteiger partial charge in [0.2, 0.25) is 0 Å². The molecule has 8 nitrogen and oxygen atoms in total. The Balaban J connectivity index is 1.67. The summed E-state index contributed by atoms with van der Waals surface area (Å²) < 4.78 is 43.1. The molecule has 0 unspecified atom stereocenters. The molecule has 0 bridgehead atoms. The van der Waals surface area contributed by atoms with Gasteiger partial charge in [0.1, 0.15) is 23.5 Å². The summed E-state index contributed by atoms with van der Waals surface area (Å²) in [6, 6.07) is 4.77. The van der Waals surface area contributed by atoms with Crippen molar-refractivity contribution in [2.24, 2.45) is 0 Å². The van der Waals surface area contributed by atoms with E-state index in [1.54, 1.807) is 18.7 Å². The third-order valence-corrected chi connectivity index (χ3v) is 6.23. The molecular weight excluding hydrogens is 412 g/mol. The smallest absolute Gasteiger partial charge is 0.282 e. The summed E-state index contributed by atoms with van der Waals surface area (Å²) >= 11 is 0. The second-order valence-electron chi connectivity index (χ2n) is 7.90. The van der Waals surface area contributed by atoms with Crippen LogP contribution in [0.15, 0.2) is 30.7 Å². The molecule has 0 radical (unpaired) electrons. The van der Waals surface area contributed by atoms with Crippen molar-refractivity contribution in [3.05, 3.63) is 36.4 Å². The fourth-order valence-electron chi connectivity index (χ4n) is 3.86. The lowest BCUT2D eigenvalue weighted by Gasteiger charge is -2.41. The van der Waals surface area contributed by atoms with Crippen molar-refractivity contribution >= 4 is 21.6 Å². The van der Waals surface area contributed by atoms with Crippen LogP contribution in [0.25, 0.3) is 17.0 Å². The molecule has 0 spiro atoms. The van der Waals surface area contributed by atoms with E-state index in [1.807, 2.05) is 6.07 Å². The third-order valence-electron chi connectivity index (χ3n) is 5.28. The molecule has 4 rings (SSSR count). The highest BCUT2D eigenvalue weighted by atomic mass is 32.3. The number of rotatable bonds is 5. The maximum atomic E-state index is 13.1. The van der Waals surface area contributed by atoms with Gasteiger partial charge in [-0.05, 0) is 31.9 Å². The molecule has 162 valence electrons. The molecule has 30 heavy (non-hydrogen) atoms. The van der Waals surface area contributed by atoms with E-state index in [2.05, 4.69) is 36.6 Å². The first-order valence-corrected chi connectivity index (χ1v) is 12.4. The number of nitrogens with one attached hydrogen (secondary N) is 1. The quantitative estimate of drug-likeness (QED) is 0.596. The van der Waals surface area contributed by atoms with Crippen LogP contribution in [-0.4, -0.2) is 59.9 Å². The monoisotopic (exact) mass is 437 g/mol. The third kappa shape index (κ3) is 4.17. The van der Waals surface area contributed by atoms with Crippen molar-refractivity contribution in [3.8, 4) is 11.4 Å². The Morgan fingerprint density at radius 3 is 2.77 bits per heavy atom. The van der Waals surface area contributed by atoms with E-state index in [0.29, 0.717) is 17.0 Å². The van der Waals surface area contributed by atoms with Crippen molar-refractivity contribution in [1.82, 2.24) is 29.3 Å². The molecule has 4 heterocycles. The van der Waals surface area contributed by atoms with E-state index in [9.17, 15) is 13.0 Å². The van der Waals surface area contributed by atoms with Gasteiger partial charge in [-0.2, -0.15) is 5.10 Å². The van der Waals surface area contributed by atoms with Gasteiger partial charge >= 0.3 is 0 Å². The zero-order valence-electron chi connectivity index (χ0n) is 17.0. The molecule has 0 saturated carbocycles. The molecule has 1 aliphatic rings. The predicted octanol–water partition coefficient (Wildman–Crippen LogP) is 2.26. The van der Waals surface area contributed by atoms with Crippen LogP contribution in [0.3, 0.4) is 0 Å². The highest BCUT2D eigenvalue weighted by Gasteiger charge is 2.30. The summed E-state index contributed by atoms with van der Waals surface area (Å²) in [5.41, 5.74) is 1.21. The van der Waals surface area contributed by atoms with Crippen LogP contribution in [0.4, 0.5) is 14.6 Å². The van der Waals surface area contributed by atoms with Crippen LogP contribution < -0.4 is 9.62 Å². The van der Waals surface area contributed by atoms with Crippen LogP contribution in [0.1, 0.15) is 31.9 Å². The minimum Gasteiger partial charge on any atom is -0.352 e. The summed E-state index contributed by atoms with van der Waals surface area (Å²) in [4.78, 5) is 15.1. The van der Waals surface area contributed by atoms with E-state index in [-0.39, 0.29) is 17.8 Å². The number of halogens is 2. The molecule has 3 aromatic rings. The molecule has 11 heteroatoms. The van der Waals surface area contributed by atoms with Crippen LogP contribution in [-0.2, 0) is 10.1 Å². The van der Waals surface area contributed by atoms with Crippen molar-refractivity contribution < 1.29 is 13.0 Å². The Hall–Kier alpha value is -2.53. The first-order chi connectivity index (χ1) is 14.2.